The van der Waals surface area contributed by atoms with Crippen molar-refractivity contribution < 1.29 is 32.2 Å². The first-order valence-corrected chi connectivity index (χ1v) is 11.8. The quantitative estimate of drug-likeness (QED) is 0.534. The molecular formula is C27H29F3N2O4. The van der Waals surface area contributed by atoms with E-state index >= 15 is 0 Å². The van der Waals surface area contributed by atoms with Gasteiger partial charge in [-0.05, 0) is 60.2 Å². The molecule has 2 heterocycles. The van der Waals surface area contributed by atoms with Crippen LogP contribution >= 0.6 is 0 Å². The highest BCUT2D eigenvalue weighted by atomic mass is 19.4. The smallest absolute Gasteiger partial charge is 0.416 e. The zero-order valence-corrected chi connectivity index (χ0v) is 20.3. The fourth-order valence-corrected chi connectivity index (χ4v) is 4.98. The Hall–Kier alpha value is -3.49. The molecule has 36 heavy (non-hydrogen) atoms. The number of halogens is 3. The number of methoxy groups -OCH3 is 2. The first-order valence-electron chi connectivity index (χ1n) is 11.8. The average Bonchev–Trinajstić information content (AvgIpc) is 2.88. The van der Waals surface area contributed by atoms with Crippen LogP contribution in [0.2, 0.25) is 0 Å². The van der Waals surface area contributed by atoms with Gasteiger partial charge in [-0.3, -0.25) is 9.59 Å². The molecule has 0 N–H and O–H groups in total. The maximum atomic E-state index is 12.9. The molecule has 192 valence electrons. The Labute approximate surface area is 208 Å². The molecule has 2 aromatic carbocycles. The lowest BCUT2D eigenvalue weighted by Crippen LogP contribution is -2.56. The second-order valence-corrected chi connectivity index (χ2v) is 9.10. The van der Waals surface area contributed by atoms with E-state index in [1.807, 2.05) is 6.07 Å². The Morgan fingerprint density at radius 2 is 1.78 bits per heavy atom. The van der Waals surface area contributed by atoms with E-state index in [9.17, 15) is 22.8 Å². The summed E-state index contributed by atoms with van der Waals surface area (Å²) in [5.41, 5.74) is 0.761. The van der Waals surface area contributed by atoms with Crippen molar-refractivity contribution in [2.24, 2.45) is 5.92 Å². The molecule has 2 aliphatic rings. The number of benzene rings is 2. The van der Waals surface area contributed by atoms with Crippen LogP contribution in [0.25, 0.3) is 6.08 Å². The van der Waals surface area contributed by atoms with Crippen molar-refractivity contribution in [1.29, 1.82) is 0 Å². The molecule has 0 saturated carbocycles. The van der Waals surface area contributed by atoms with Gasteiger partial charge in [0.1, 0.15) is 0 Å². The lowest BCUT2D eigenvalue weighted by Gasteiger charge is -2.47. The standard InChI is InChI=1S/C27H29F3N2O4/c1-35-23-10-5-18(15-24(23)36-2)6-11-25(33)31-14-13-22-20(17-31)7-12-26(34)32(22)16-19-3-8-21(9-4-19)27(28,29)30/h3-6,8-11,15,20,22H,7,12-14,16-17H2,1-2H3/b11-6+/t20-,22+/m0/s1. The van der Waals surface area contributed by atoms with E-state index < -0.39 is 11.7 Å². The molecule has 0 aromatic heterocycles. The monoisotopic (exact) mass is 502 g/mol. The zero-order chi connectivity index (χ0) is 25.9. The summed E-state index contributed by atoms with van der Waals surface area (Å²) in [6.45, 7) is 1.31. The Balaban J connectivity index is 1.39. The first-order chi connectivity index (χ1) is 17.2. The lowest BCUT2D eigenvalue weighted by molar-refractivity contribution is -0.144. The normalized spacial score (nSPS) is 20.4. The number of hydrogen-bond acceptors (Lipinski definition) is 4. The Bertz CT molecular complexity index is 1130. The molecule has 2 aromatic rings. The molecule has 2 amide bonds. The van der Waals surface area contributed by atoms with E-state index in [0.29, 0.717) is 49.4 Å². The van der Waals surface area contributed by atoms with E-state index in [1.54, 1.807) is 42.2 Å². The van der Waals surface area contributed by atoms with Crippen LogP contribution in [-0.2, 0) is 22.3 Å². The summed E-state index contributed by atoms with van der Waals surface area (Å²) in [7, 11) is 3.11. The molecule has 2 saturated heterocycles. The van der Waals surface area contributed by atoms with Gasteiger partial charge in [0.25, 0.3) is 0 Å². The predicted octanol–water partition coefficient (Wildman–Crippen LogP) is 4.78. The second-order valence-electron chi connectivity index (χ2n) is 9.10. The maximum Gasteiger partial charge on any atom is 0.416 e. The van der Waals surface area contributed by atoms with Gasteiger partial charge in [-0.2, -0.15) is 13.2 Å². The number of nitrogens with zero attached hydrogens (tertiary/aromatic N) is 2. The molecule has 2 fully saturated rings. The van der Waals surface area contributed by atoms with Gasteiger partial charge in [0.15, 0.2) is 11.5 Å². The van der Waals surface area contributed by atoms with Crippen LogP contribution in [0.5, 0.6) is 11.5 Å². The number of carbonyl (C=O) groups excluding carboxylic acids is 2. The molecule has 4 rings (SSSR count). The highest BCUT2D eigenvalue weighted by molar-refractivity contribution is 5.92. The molecule has 9 heteroatoms. The van der Waals surface area contributed by atoms with Crippen LogP contribution in [0.3, 0.4) is 0 Å². The van der Waals surface area contributed by atoms with Gasteiger partial charge in [-0.25, -0.2) is 0 Å². The fourth-order valence-electron chi connectivity index (χ4n) is 4.98. The highest BCUT2D eigenvalue weighted by Gasteiger charge is 2.40. The molecule has 0 radical (unpaired) electrons. The van der Waals surface area contributed by atoms with E-state index in [4.69, 9.17) is 9.47 Å². The molecule has 0 aliphatic carbocycles. The third kappa shape index (κ3) is 5.66. The van der Waals surface area contributed by atoms with Crippen LogP contribution < -0.4 is 9.47 Å². The molecule has 6 nitrogen and oxygen atoms in total. The number of carbonyl (C=O) groups is 2. The maximum absolute atomic E-state index is 12.9. The van der Waals surface area contributed by atoms with Gasteiger partial charge >= 0.3 is 6.18 Å². The SMILES string of the molecule is COc1ccc(/C=C/C(=O)N2CC[C@@H]3[C@@H](CCC(=O)N3Cc3ccc(C(F)(F)F)cc3)C2)cc1OC. The van der Waals surface area contributed by atoms with E-state index in [1.165, 1.54) is 18.2 Å². The predicted molar refractivity (Wildman–Crippen MR) is 128 cm³/mol. The Morgan fingerprint density at radius 3 is 2.44 bits per heavy atom. The van der Waals surface area contributed by atoms with Gasteiger partial charge in [-0.15, -0.1) is 0 Å². The van der Waals surface area contributed by atoms with E-state index in [-0.39, 0.29) is 30.3 Å². The molecule has 2 atom stereocenters. The molecule has 0 bridgehead atoms. The number of fused-ring (bicyclic) bond motifs is 1. The highest BCUT2D eigenvalue weighted by Crippen LogP contribution is 2.34. The van der Waals surface area contributed by atoms with Gasteiger partial charge in [0.2, 0.25) is 11.8 Å². The summed E-state index contributed by atoms with van der Waals surface area (Å²) >= 11 is 0. The van der Waals surface area contributed by atoms with E-state index in [2.05, 4.69) is 0 Å². The third-order valence-corrected chi connectivity index (χ3v) is 6.92. The minimum absolute atomic E-state index is 0.00396. The van der Waals surface area contributed by atoms with Gasteiger partial charge in [0, 0.05) is 38.2 Å². The van der Waals surface area contributed by atoms with Crippen LogP contribution in [0, 0.1) is 5.92 Å². The van der Waals surface area contributed by atoms with Gasteiger partial charge in [-0.1, -0.05) is 18.2 Å². The zero-order valence-electron chi connectivity index (χ0n) is 20.3. The average molecular weight is 503 g/mol. The number of ether oxygens (including phenoxy) is 2. The summed E-state index contributed by atoms with van der Waals surface area (Å²) in [6, 6.07) is 10.3. The minimum atomic E-state index is -4.39. The van der Waals surface area contributed by atoms with Crippen molar-refractivity contribution in [3.8, 4) is 11.5 Å². The number of hydrogen-bond donors (Lipinski definition) is 0. The Kier molecular flexibility index (Phi) is 7.56. The number of amides is 2. The molecule has 0 unspecified atom stereocenters. The molecular weight excluding hydrogens is 473 g/mol. The van der Waals surface area contributed by atoms with E-state index in [0.717, 1.165) is 17.7 Å². The Morgan fingerprint density at radius 1 is 1.06 bits per heavy atom. The van der Waals surface area contributed by atoms with Crippen molar-refractivity contribution in [3.63, 3.8) is 0 Å². The van der Waals surface area contributed by atoms with Crippen molar-refractivity contribution in [2.45, 2.75) is 38.0 Å². The van der Waals surface area contributed by atoms with Gasteiger partial charge in [0.05, 0.1) is 19.8 Å². The lowest BCUT2D eigenvalue weighted by atomic mass is 9.83. The number of likely N-dealkylation sites (tertiary alicyclic amines) is 2. The van der Waals surface area contributed by atoms with Crippen LogP contribution in [0.4, 0.5) is 13.2 Å². The summed E-state index contributed by atoms with van der Waals surface area (Å²) in [5, 5.41) is 0. The minimum Gasteiger partial charge on any atom is -0.493 e. The fraction of sp³-hybridized carbons (Fsp3) is 0.407. The third-order valence-electron chi connectivity index (χ3n) is 6.92. The summed E-state index contributed by atoms with van der Waals surface area (Å²) in [5.74, 6) is 1.21. The van der Waals surface area contributed by atoms with Crippen LogP contribution in [0.1, 0.15) is 36.0 Å². The number of alkyl halides is 3. The number of piperidine rings is 2. The van der Waals surface area contributed by atoms with Crippen molar-refractivity contribution in [2.75, 3.05) is 27.3 Å². The van der Waals surface area contributed by atoms with Crippen LogP contribution in [-0.4, -0.2) is 55.0 Å². The number of rotatable bonds is 6. The summed E-state index contributed by atoms with van der Waals surface area (Å²) < 4.78 is 49.1. The second kappa shape index (κ2) is 10.6. The molecule has 2 aliphatic heterocycles. The van der Waals surface area contributed by atoms with Crippen LogP contribution in [0.15, 0.2) is 48.5 Å². The summed E-state index contributed by atoms with van der Waals surface area (Å²) in [6.07, 6.45) is 0.569. The van der Waals surface area contributed by atoms with Gasteiger partial charge < -0.3 is 19.3 Å². The summed E-state index contributed by atoms with van der Waals surface area (Å²) in [4.78, 5) is 29.1. The largest absolute Gasteiger partial charge is 0.493 e. The van der Waals surface area contributed by atoms with Crippen molar-refractivity contribution >= 4 is 17.9 Å². The topological polar surface area (TPSA) is 59.1 Å². The van der Waals surface area contributed by atoms with Crippen molar-refractivity contribution in [1.82, 2.24) is 9.80 Å². The van der Waals surface area contributed by atoms with Crippen molar-refractivity contribution in [3.05, 3.63) is 65.2 Å². The first kappa shape index (κ1) is 25.6. The molecule has 0 spiro atoms.